The molecule has 0 saturated carbocycles. The van der Waals surface area contributed by atoms with Crippen LogP contribution < -0.4 is 5.32 Å². The van der Waals surface area contributed by atoms with Crippen LogP contribution in [-0.2, 0) is 4.79 Å². The van der Waals surface area contributed by atoms with Crippen LogP contribution in [0.2, 0.25) is 10.0 Å². The Morgan fingerprint density at radius 3 is 2.77 bits per heavy atom. The van der Waals surface area contributed by atoms with Crippen molar-refractivity contribution in [1.82, 2.24) is 10.2 Å². The SMILES string of the molecule is CCCCCCSc1cc(Cl)c(C(=O)CCN2CCNC(=O)C2)cc1Cl. The number of piperazine rings is 1. The van der Waals surface area contributed by atoms with Gasteiger partial charge in [-0.3, -0.25) is 14.5 Å². The smallest absolute Gasteiger partial charge is 0.234 e. The molecule has 144 valence electrons. The van der Waals surface area contributed by atoms with Crippen LogP contribution in [0.25, 0.3) is 0 Å². The second-order valence-corrected chi connectivity index (χ2v) is 8.42. The number of benzene rings is 1. The lowest BCUT2D eigenvalue weighted by Crippen LogP contribution is -2.48. The summed E-state index contributed by atoms with van der Waals surface area (Å²) in [5.74, 6) is 0.966. The normalized spacial score (nSPS) is 15.1. The third-order valence-corrected chi connectivity index (χ3v) is 6.23. The van der Waals surface area contributed by atoms with E-state index in [0.717, 1.165) is 23.6 Å². The van der Waals surface area contributed by atoms with Gasteiger partial charge in [-0.05, 0) is 24.3 Å². The van der Waals surface area contributed by atoms with E-state index >= 15 is 0 Å². The lowest BCUT2D eigenvalue weighted by molar-refractivity contribution is -0.124. The summed E-state index contributed by atoms with van der Waals surface area (Å²) in [6, 6.07) is 3.49. The molecule has 1 saturated heterocycles. The van der Waals surface area contributed by atoms with E-state index in [1.54, 1.807) is 23.9 Å². The summed E-state index contributed by atoms with van der Waals surface area (Å²) in [5.41, 5.74) is 0.466. The summed E-state index contributed by atoms with van der Waals surface area (Å²) in [6.07, 6.45) is 5.17. The molecule has 0 radical (unpaired) electrons. The summed E-state index contributed by atoms with van der Waals surface area (Å²) < 4.78 is 0. The number of halogens is 2. The number of carbonyl (C=O) groups excluding carboxylic acids is 2. The molecule has 1 heterocycles. The standard InChI is InChI=1S/C19H26Cl2N2O2S/c1-2-3-4-5-10-26-18-12-15(20)14(11-16(18)21)17(24)6-8-23-9-7-22-19(25)13-23/h11-12H,2-10,13H2,1H3,(H,22,25). The van der Waals surface area contributed by atoms with Crippen molar-refractivity contribution in [2.24, 2.45) is 0 Å². The van der Waals surface area contributed by atoms with E-state index in [0.29, 0.717) is 41.7 Å². The molecule has 1 aliphatic rings. The Labute approximate surface area is 170 Å². The van der Waals surface area contributed by atoms with Crippen molar-refractivity contribution in [3.05, 3.63) is 27.7 Å². The molecule has 0 aromatic heterocycles. The van der Waals surface area contributed by atoms with Crippen molar-refractivity contribution in [2.45, 2.75) is 43.9 Å². The van der Waals surface area contributed by atoms with E-state index in [4.69, 9.17) is 23.2 Å². The fourth-order valence-corrected chi connectivity index (χ4v) is 4.47. The predicted octanol–water partition coefficient (Wildman–Crippen LogP) is 4.67. The monoisotopic (exact) mass is 416 g/mol. The van der Waals surface area contributed by atoms with Crippen molar-refractivity contribution in [2.75, 3.05) is 31.9 Å². The number of amides is 1. The van der Waals surface area contributed by atoms with Crippen LogP contribution in [0.3, 0.4) is 0 Å². The molecule has 4 nitrogen and oxygen atoms in total. The van der Waals surface area contributed by atoms with Gasteiger partial charge in [-0.25, -0.2) is 0 Å². The Bertz CT molecular complexity index is 640. The molecule has 1 aromatic carbocycles. The van der Waals surface area contributed by atoms with Gasteiger partial charge in [-0.15, -0.1) is 11.8 Å². The average Bonchev–Trinajstić information content (AvgIpc) is 2.62. The van der Waals surface area contributed by atoms with Crippen LogP contribution >= 0.6 is 35.0 Å². The molecule has 1 amide bonds. The van der Waals surface area contributed by atoms with Crippen molar-refractivity contribution in [1.29, 1.82) is 0 Å². The first-order chi connectivity index (χ1) is 12.5. The third kappa shape index (κ3) is 6.76. The van der Waals surface area contributed by atoms with Gasteiger partial charge in [0.05, 0.1) is 16.6 Å². The minimum Gasteiger partial charge on any atom is -0.354 e. The van der Waals surface area contributed by atoms with Gasteiger partial charge >= 0.3 is 0 Å². The van der Waals surface area contributed by atoms with E-state index in [9.17, 15) is 9.59 Å². The van der Waals surface area contributed by atoms with Gasteiger partial charge < -0.3 is 5.32 Å². The molecule has 2 rings (SSSR count). The van der Waals surface area contributed by atoms with Gasteiger partial charge in [0.25, 0.3) is 0 Å². The fourth-order valence-electron chi connectivity index (χ4n) is 2.84. The first-order valence-corrected chi connectivity index (χ1v) is 10.9. The minimum atomic E-state index is -0.0395. The maximum atomic E-state index is 12.5. The first kappa shape index (κ1) is 21.5. The van der Waals surface area contributed by atoms with Gasteiger partial charge in [0.15, 0.2) is 5.78 Å². The van der Waals surface area contributed by atoms with Crippen LogP contribution in [0, 0.1) is 0 Å². The number of nitrogens with zero attached hydrogens (tertiary/aromatic N) is 1. The number of hydrogen-bond donors (Lipinski definition) is 1. The zero-order chi connectivity index (χ0) is 18.9. The molecule has 1 fully saturated rings. The summed E-state index contributed by atoms with van der Waals surface area (Å²) in [7, 11) is 0. The van der Waals surface area contributed by atoms with E-state index in [1.807, 2.05) is 4.90 Å². The summed E-state index contributed by atoms with van der Waals surface area (Å²) in [4.78, 5) is 26.8. The maximum Gasteiger partial charge on any atom is 0.234 e. The Morgan fingerprint density at radius 2 is 2.04 bits per heavy atom. The Hall–Kier alpha value is -0.750. The fraction of sp³-hybridized carbons (Fsp3) is 0.579. The van der Waals surface area contributed by atoms with Crippen LogP contribution in [0.4, 0.5) is 0 Å². The van der Waals surface area contributed by atoms with Crippen molar-refractivity contribution in [3.63, 3.8) is 0 Å². The number of thioether (sulfide) groups is 1. The van der Waals surface area contributed by atoms with Gasteiger partial charge in [0.1, 0.15) is 0 Å². The molecule has 0 atom stereocenters. The number of rotatable bonds is 10. The Balaban J connectivity index is 1.89. The Kier molecular flexibility index (Phi) is 9.26. The first-order valence-electron chi connectivity index (χ1n) is 9.15. The summed E-state index contributed by atoms with van der Waals surface area (Å²) in [6.45, 7) is 4.48. The largest absolute Gasteiger partial charge is 0.354 e. The molecule has 0 bridgehead atoms. The zero-order valence-electron chi connectivity index (χ0n) is 15.2. The molecule has 0 unspecified atom stereocenters. The van der Waals surface area contributed by atoms with Gasteiger partial charge in [-0.2, -0.15) is 0 Å². The van der Waals surface area contributed by atoms with Gasteiger partial charge in [-0.1, -0.05) is 49.4 Å². The van der Waals surface area contributed by atoms with Crippen LogP contribution in [-0.4, -0.2) is 48.5 Å². The number of unbranched alkanes of at least 4 members (excludes halogenated alkanes) is 3. The third-order valence-electron chi connectivity index (χ3n) is 4.35. The maximum absolute atomic E-state index is 12.5. The van der Waals surface area contributed by atoms with Crippen LogP contribution in [0.1, 0.15) is 49.4 Å². The van der Waals surface area contributed by atoms with Crippen LogP contribution in [0.15, 0.2) is 17.0 Å². The molecule has 7 heteroatoms. The molecule has 0 aliphatic carbocycles. The van der Waals surface area contributed by atoms with Crippen LogP contribution in [0.5, 0.6) is 0 Å². The van der Waals surface area contributed by atoms with Gasteiger partial charge in [0.2, 0.25) is 5.91 Å². The molecular weight excluding hydrogens is 391 g/mol. The molecule has 1 aliphatic heterocycles. The summed E-state index contributed by atoms with van der Waals surface area (Å²) in [5, 5.41) is 3.81. The van der Waals surface area contributed by atoms with Crippen molar-refractivity contribution >= 4 is 46.7 Å². The number of ketones is 1. The highest BCUT2D eigenvalue weighted by molar-refractivity contribution is 7.99. The second kappa shape index (κ2) is 11.2. The number of nitrogens with one attached hydrogen (secondary N) is 1. The Morgan fingerprint density at radius 1 is 1.23 bits per heavy atom. The molecule has 26 heavy (non-hydrogen) atoms. The van der Waals surface area contributed by atoms with E-state index in [-0.39, 0.29) is 11.7 Å². The van der Waals surface area contributed by atoms with E-state index < -0.39 is 0 Å². The molecule has 1 N–H and O–H groups in total. The molecule has 1 aromatic rings. The lowest BCUT2D eigenvalue weighted by atomic mass is 10.1. The van der Waals surface area contributed by atoms with E-state index in [1.165, 1.54) is 19.3 Å². The number of hydrogen-bond acceptors (Lipinski definition) is 4. The highest BCUT2D eigenvalue weighted by atomic mass is 35.5. The lowest BCUT2D eigenvalue weighted by Gasteiger charge is -2.26. The summed E-state index contributed by atoms with van der Waals surface area (Å²) >= 11 is 14.4. The topological polar surface area (TPSA) is 49.4 Å². The van der Waals surface area contributed by atoms with Crippen molar-refractivity contribution in [3.8, 4) is 0 Å². The highest BCUT2D eigenvalue weighted by Crippen LogP contribution is 2.33. The number of carbonyl (C=O) groups is 2. The van der Waals surface area contributed by atoms with Crippen molar-refractivity contribution < 1.29 is 9.59 Å². The number of Topliss-reactive ketones (excluding diaryl/α,β-unsaturated/α-hetero) is 1. The molecular formula is C19H26Cl2N2O2S. The van der Waals surface area contributed by atoms with E-state index in [2.05, 4.69) is 12.2 Å². The second-order valence-electron chi connectivity index (χ2n) is 6.47. The minimum absolute atomic E-state index is 0.00471. The zero-order valence-corrected chi connectivity index (χ0v) is 17.5. The molecule has 0 spiro atoms. The quantitative estimate of drug-likeness (QED) is 0.342. The van der Waals surface area contributed by atoms with Gasteiger partial charge in [0, 0.05) is 36.5 Å². The average molecular weight is 417 g/mol. The predicted molar refractivity (Wildman–Crippen MR) is 110 cm³/mol. The highest BCUT2D eigenvalue weighted by Gasteiger charge is 2.19.